The lowest BCUT2D eigenvalue weighted by atomic mass is 10.3. The molecule has 0 atom stereocenters. The van der Waals surface area contributed by atoms with Gasteiger partial charge >= 0.3 is 0 Å². The van der Waals surface area contributed by atoms with Crippen molar-refractivity contribution in [1.29, 1.82) is 0 Å². The van der Waals surface area contributed by atoms with Gasteiger partial charge in [-0.2, -0.15) is 0 Å². The van der Waals surface area contributed by atoms with Crippen molar-refractivity contribution in [2.45, 2.75) is 25.0 Å². The van der Waals surface area contributed by atoms with Gasteiger partial charge in [0.25, 0.3) is 15.6 Å². The van der Waals surface area contributed by atoms with E-state index in [4.69, 9.17) is 0 Å². The van der Waals surface area contributed by atoms with Gasteiger partial charge in [0.1, 0.15) is 4.60 Å². The first kappa shape index (κ1) is 14.9. The van der Waals surface area contributed by atoms with Gasteiger partial charge in [-0.3, -0.25) is 4.79 Å². The molecule has 0 bridgehead atoms. The Bertz CT molecular complexity index is 766. The number of aromatic amines is 1. The van der Waals surface area contributed by atoms with Crippen molar-refractivity contribution in [3.63, 3.8) is 0 Å². The van der Waals surface area contributed by atoms with Gasteiger partial charge in [-0.25, -0.2) is 18.1 Å². The van der Waals surface area contributed by atoms with E-state index >= 15 is 0 Å². The highest BCUT2D eigenvalue weighted by molar-refractivity contribution is 9.10. The Labute approximate surface area is 124 Å². The molecule has 20 heavy (non-hydrogen) atoms. The molecule has 0 radical (unpaired) electrons. The molecule has 7 nitrogen and oxygen atoms in total. The SMILES string of the molecule is CCn1cccc(CNS(=O)(=O)c2[nH]cnc2Br)c1=O. The largest absolute Gasteiger partial charge is 0.334 e. The van der Waals surface area contributed by atoms with Crippen LogP contribution in [0.3, 0.4) is 0 Å². The van der Waals surface area contributed by atoms with E-state index in [9.17, 15) is 13.2 Å². The van der Waals surface area contributed by atoms with E-state index in [0.717, 1.165) is 0 Å². The molecule has 0 unspecified atom stereocenters. The molecule has 0 saturated heterocycles. The first-order valence-corrected chi connectivity index (χ1v) is 8.10. The summed E-state index contributed by atoms with van der Waals surface area (Å²) < 4.78 is 28.1. The molecule has 0 spiro atoms. The summed E-state index contributed by atoms with van der Waals surface area (Å²) in [5.74, 6) is 0. The van der Waals surface area contributed by atoms with Crippen LogP contribution in [0.4, 0.5) is 0 Å². The molecule has 0 saturated carbocycles. The number of pyridine rings is 1. The van der Waals surface area contributed by atoms with E-state index in [-0.39, 0.29) is 21.7 Å². The maximum Gasteiger partial charge on any atom is 0.259 e. The van der Waals surface area contributed by atoms with Gasteiger partial charge in [0.2, 0.25) is 0 Å². The highest BCUT2D eigenvalue weighted by Crippen LogP contribution is 2.16. The predicted octanol–water partition coefficient (Wildman–Crippen LogP) is 0.832. The summed E-state index contributed by atoms with van der Waals surface area (Å²) in [6.45, 7) is 2.30. The third-order valence-electron chi connectivity index (χ3n) is 2.72. The van der Waals surface area contributed by atoms with E-state index in [1.54, 1.807) is 18.3 Å². The van der Waals surface area contributed by atoms with Crippen LogP contribution in [0.2, 0.25) is 0 Å². The van der Waals surface area contributed by atoms with Crippen molar-refractivity contribution in [3.05, 3.63) is 45.2 Å². The van der Waals surface area contributed by atoms with Crippen LogP contribution in [0.25, 0.3) is 0 Å². The second-order valence-corrected chi connectivity index (χ2v) is 6.43. The maximum absolute atomic E-state index is 12.0. The minimum atomic E-state index is -3.75. The van der Waals surface area contributed by atoms with Crippen LogP contribution in [0.15, 0.2) is 39.1 Å². The lowest BCUT2D eigenvalue weighted by Crippen LogP contribution is -2.29. The van der Waals surface area contributed by atoms with E-state index < -0.39 is 10.0 Å². The van der Waals surface area contributed by atoms with Crippen LogP contribution in [-0.4, -0.2) is 23.0 Å². The fourth-order valence-corrected chi connectivity index (χ4v) is 3.50. The normalized spacial score (nSPS) is 11.7. The molecule has 0 amide bonds. The first-order chi connectivity index (χ1) is 9.45. The minimum absolute atomic E-state index is 0.0655. The van der Waals surface area contributed by atoms with Crippen LogP contribution in [0.5, 0.6) is 0 Å². The van der Waals surface area contributed by atoms with Gasteiger partial charge in [0, 0.05) is 24.8 Å². The summed E-state index contributed by atoms with van der Waals surface area (Å²) in [4.78, 5) is 18.3. The molecule has 2 heterocycles. The number of aryl methyl sites for hydroxylation is 1. The second kappa shape index (κ2) is 5.90. The molecule has 0 aliphatic heterocycles. The summed E-state index contributed by atoms with van der Waals surface area (Å²) in [6, 6.07) is 3.31. The number of H-pyrrole nitrogens is 1. The van der Waals surface area contributed by atoms with Crippen molar-refractivity contribution >= 4 is 26.0 Å². The molecule has 9 heteroatoms. The van der Waals surface area contributed by atoms with Gasteiger partial charge in [-0.05, 0) is 28.9 Å². The summed E-state index contributed by atoms with van der Waals surface area (Å²) in [6.07, 6.45) is 2.93. The number of aromatic nitrogens is 3. The van der Waals surface area contributed by atoms with Crippen molar-refractivity contribution in [2.24, 2.45) is 0 Å². The van der Waals surface area contributed by atoms with Crippen molar-refractivity contribution in [1.82, 2.24) is 19.3 Å². The topological polar surface area (TPSA) is 96.8 Å². The van der Waals surface area contributed by atoms with E-state index in [2.05, 4.69) is 30.6 Å². The van der Waals surface area contributed by atoms with E-state index in [1.807, 2.05) is 6.92 Å². The fraction of sp³-hybridized carbons (Fsp3) is 0.273. The third kappa shape index (κ3) is 3.00. The van der Waals surface area contributed by atoms with Crippen LogP contribution in [-0.2, 0) is 23.1 Å². The molecule has 2 aromatic heterocycles. The third-order valence-corrected chi connectivity index (χ3v) is 4.96. The fourth-order valence-electron chi connectivity index (χ4n) is 1.67. The summed E-state index contributed by atoms with van der Waals surface area (Å²) in [7, 11) is -3.75. The molecule has 108 valence electrons. The zero-order valence-electron chi connectivity index (χ0n) is 10.6. The summed E-state index contributed by atoms with van der Waals surface area (Å²) in [5, 5.41) is -0.0655. The predicted molar refractivity (Wildman–Crippen MR) is 76.7 cm³/mol. The average molecular weight is 361 g/mol. The van der Waals surface area contributed by atoms with Gasteiger partial charge in [0.05, 0.1) is 6.33 Å². The van der Waals surface area contributed by atoms with Crippen LogP contribution >= 0.6 is 15.9 Å². The number of rotatable bonds is 5. The zero-order chi connectivity index (χ0) is 14.8. The van der Waals surface area contributed by atoms with E-state index in [0.29, 0.717) is 12.1 Å². The number of sulfonamides is 1. The smallest absolute Gasteiger partial charge is 0.259 e. The highest BCUT2D eigenvalue weighted by atomic mass is 79.9. The summed E-state index contributed by atoms with van der Waals surface area (Å²) in [5.41, 5.74) is 0.176. The van der Waals surface area contributed by atoms with Gasteiger partial charge in [-0.1, -0.05) is 6.07 Å². The minimum Gasteiger partial charge on any atom is -0.334 e. The van der Waals surface area contributed by atoms with Gasteiger partial charge in [-0.15, -0.1) is 0 Å². The number of nitrogens with zero attached hydrogens (tertiary/aromatic N) is 2. The Morgan fingerprint density at radius 2 is 2.25 bits per heavy atom. The molecular formula is C11H13BrN4O3S. The number of hydrogen-bond acceptors (Lipinski definition) is 4. The van der Waals surface area contributed by atoms with Crippen molar-refractivity contribution in [3.8, 4) is 0 Å². The molecule has 2 rings (SSSR count). The lowest BCUT2D eigenvalue weighted by molar-refractivity contribution is 0.576. The Morgan fingerprint density at radius 3 is 2.85 bits per heavy atom. The second-order valence-electron chi connectivity index (χ2n) is 3.97. The molecule has 0 aliphatic carbocycles. The lowest BCUT2D eigenvalue weighted by Gasteiger charge is -2.07. The van der Waals surface area contributed by atoms with Crippen molar-refractivity contribution < 1.29 is 8.42 Å². The van der Waals surface area contributed by atoms with Crippen molar-refractivity contribution in [2.75, 3.05) is 0 Å². The molecular weight excluding hydrogens is 348 g/mol. The van der Waals surface area contributed by atoms with Crippen LogP contribution in [0, 0.1) is 0 Å². The van der Waals surface area contributed by atoms with E-state index in [1.165, 1.54) is 10.9 Å². The highest BCUT2D eigenvalue weighted by Gasteiger charge is 2.20. The molecule has 0 aromatic carbocycles. The number of hydrogen-bond donors (Lipinski definition) is 2. The molecule has 2 aromatic rings. The Morgan fingerprint density at radius 1 is 1.50 bits per heavy atom. The number of imidazole rings is 1. The van der Waals surface area contributed by atoms with Crippen LogP contribution in [0.1, 0.15) is 12.5 Å². The summed E-state index contributed by atoms with van der Waals surface area (Å²) >= 11 is 3.04. The average Bonchev–Trinajstić information content (AvgIpc) is 2.85. The molecule has 0 aliphatic rings. The molecule has 0 fully saturated rings. The Balaban J connectivity index is 2.22. The number of nitrogens with one attached hydrogen (secondary N) is 2. The zero-order valence-corrected chi connectivity index (χ0v) is 13.0. The monoisotopic (exact) mass is 360 g/mol. The quantitative estimate of drug-likeness (QED) is 0.825. The maximum atomic E-state index is 12.0. The Hall–Kier alpha value is -1.45. The number of halogens is 1. The van der Waals surface area contributed by atoms with Crippen LogP contribution < -0.4 is 10.3 Å². The first-order valence-electron chi connectivity index (χ1n) is 5.82. The van der Waals surface area contributed by atoms with Gasteiger partial charge in [0.15, 0.2) is 5.03 Å². The molecule has 2 N–H and O–H groups in total. The Kier molecular flexibility index (Phi) is 4.41. The standard InChI is InChI=1S/C11H13BrN4O3S/c1-2-16-5-3-4-8(11(16)17)6-15-20(18,19)10-9(12)13-7-14-10/h3-5,7,15H,2,6H2,1H3,(H,13,14). The van der Waals surface area contributed by atoms with Gasteiger partial charge < -0.3 is 9.55 Å².